The zero-order valence-electron chi connectivity index (χ0n) is 10.3. The molecule has 96 valence electrons. The first-order chi connectivity index (χ1) is 8.58. The molecule has 0 bridgehead atoms. The molecule has 0 aromatic carbocycles. The molecular weight excluding hydrogens is 234 g/mol. The highest BCUT2D eigenvalue weighted by Gasteiger charge is 2.15. The molecule has 2 aromatic heterocycles. The van der Waals surface area contributed by atoms with Gasteiger partial charge < -0.3 is 14.8 Å². The number of hydrogen-bond donors (Lipinski definition) is 2. The third-order valence-corrected chi connectivity index (χ3v) is 2.56. The molecule has 0 saturated heterocycles. The highest BCUT2D eigenvalue weighted by Crippen LogP contribution is 2.12. The number of amides is 1. The molecule has 2 rings (SSSR count). The fourth-order valence-electron chi connectivity index (χ4n) is 1.68. The van der Waals surface area contributed by atoms with E-state index in [1.165, 1.54) is 10.9 Å². The Balaban J connectivity index is 1.94. The second-order valence-corrected chi connectivity index (χ2v) is 4.04. The van der Waals surface area contributed by atoms with E-state index >= 15 is 0 Å². The van der Waals surface area contributed by atoms with Gasteiger partial charge in [-0.05, 0) is 25.1 Å². The van der Waals surface area contributed by atoms with Crippen LogP contribution in [0.5, 0.6) is 0 Å². The number of aliphatic hydroxyl groups excluding tert-OH is 1. The average Bonchev–Trinajstić information content (AvgIpc) is 2.95. The maximum Gasteiger partial charge on any atom is 0.269 e. The van der Waals surface area contributed by atoms with E-state index in [0.29, 0.717) is 11.5 Å². The number of aryl methyl sites for hydroxylation is 2. The number of carbonyl (C=O) groups excluding carboxylic acids is 1. The first kappa shape index (κ1) is 12.4. The molecule has 0 aliphatic heterocycles. The topological polar surface area (TPSA) is 80.3 Å². The molecule has 0 spiro atoms. The molecule has 2 heterocycles. The van der Waals surface area contributed by atoms with Crippen LogP contribution >= 0.6 is 0 Å². The summed E-state index contributed by atoms with van der Waals surface area (Å²) >= 11 is 0. The van der Waals surface area contributed by atoms with Crippen molar-refractivity contribution in [2.75, 3.05) is 6.54 Å². The normalized spacial score (nSPS) is 12.4. The van der Waals surface area contributed by atoms with E-state index in [4.69, 9.17) is 4.42 Å². The van der Waals surface area contributed by atoms with E-state index in [1.54, 1.807) is 25.2 Å². The zero-order chi connectivity index (χ0) is 13.1. The summed E-state index contributed by atoms with van der Waals surface area (Å²) in [5.74, 6) is 0.153. The summed E-state index contributed by atoms with van der Waals surface area (Å²) in [7, 11) is 1.70. The van der Waals surface area contributed by atoms with Crippen LogP contribution in [-0.4, -0.2) is 27.3 Å². The molecule has 2 N–H and O–H groups in total. The molecule has 0 aliphatic rings. The summed E-state index contributed by atoms with van der Waals surface area (Å²) < 4.78 is 6.55. The number of aliphatic hydroxyl groups is 1. The van der Waals surface area contributed by atoms with Gasteiger partial charge in [-0.2, -0.15) is 5.10 Å². The van der Waals surface area contributed by atoms with Crippen molar-refractivity contribution in [3.63, 3.8) is 0 Å². The maximum atomic E-state index is 11.8. The number of hydrogen-bond acceptors (Lipinski definition) is 4. The van der Waals surface area contributed by atoms with Crippen LogP contribution in [0.25, 0.3) is 0 Å². The minimum atomic E-state index is -0.849. The van der Waals surface area contributed by atoms with Gasteiger partial charge in [-0.25, -0.2) is 0 Å². The molecule has 0 radical (unpaired) electrons. The zero-order valence-corrected chi connectivity index (χ0v) is 10.3. The van der Waals surface area contributed by atoms with Crippen molar-refractivity contribution < 1.29 is 14.3 Å². The molecule has 18 heavy (non-hydrogen) atoms. The van der Waals surface area contributed by atoms with Gasteiger partial charge in [0.1, 0.15) is 17.6 Å². The van der Waals surface area contributed by atoms with Crippen LogP contribution in [0.4, 0.5) is 0 Å². The standard InChI is InChI=1S/C12H15N3O3/c1-8-6-9(15(2)14-8)12(17)13-7-10(16)11-4-3-5-18-11/h3-6,10,16H,7H2,1-2H3,(H,13,17). The number of nitrogens with one attached hydrogen (secondary N) is 1. The predicted molar refractivity (Wildman–Crippen MR) is 63.9 cm³/mol. The summed E-state index contributed by atoms with van der Waals surface area (Å²) in [4.78, 5) is 11.8. The Kier molecular flexibility index (Phi) is 3.47. The number of carbonyl (C=O) groups is 1. The Morgan fingerprint density at radius 1 is 1.67 bits per heavy atom. The molecule has 0 saturated carbocycles. The Labute approximate surface area is 104 Å². The smallest absolute Gasteiger partial charge is 0.269 e. The SMILES string of the molecule is Cc1cc(C(=O)NCC(O)c2ccco2)n(C)n1. The van der Waals surface area contributed by atoms with Crippen LogP contribution in [-0.2, 0) is 7.05 Å². The van der Waals surface area contributed by atoms with Gasteiger partial charge >= 0.3 is 0 Å². The van der Waals surface area contributed by atoms with E-state index < -0.39 is 6.10 Å². The van der Waals surface area contributed by atoms with Crippen LogP contribution < -0.4 is 5.32 Å². The molecular formula is C12H15N3O3. The molecule has 2 aromatic rings. The van der Waals surface area contributed by atoms with Gasteiger partial charge in [0.05, 0.1) is 18.5 Å². The third kappa shape index (κ3) is 2.60. The summed E-state index contributed by atoms with van der Waals surface area (Å²) in [5, 5.41) is 16.5. The lowest BCUT2D eigenvalue weighted by atomic mass is 10.2. The summed E-state index contributed by atoms with van der Waals surface area (Å²) in [6, 6.07) is 5.03. The van der Waals surface area contributed by atoms with Crippen LogP contribution in [0.3, 0.4) is 0 Å². The molecule has 0 aliphatic carbocycles. The molecule has 1 amide bonds. The van der Waals surface area contributed by atoms with Crippen molar-refractivity contribution in [2.24, 2.45) is 7.05 Å². The highest BCUT2D eigenvalue weighted by atomic mass is 16.4. The van der Waals surface area contributed by atoms with Gasteiger partial charge in [0.25, 0.3) is 5.91 Å². The van der Waals surface area contributed by atoms with Crippen molar-refractivity contribution in [2.45, 2.75) is 13.0 Å². The van der Waals surface area contributed by atoms with Crippen molar-refractivity contribution in [3.8, 4) is 0 Å². The van der Waals surface area contributed by atoms with Gasteiger partial charge in [0.2, 0.25) is 0 Å². The molecule has 6 heteroatoms. The number of aromatic nitrogens is 2. The summed E-state index contributed by atoms with van der Waals surface area (Å²) in [5.41, 5.74) is 1.23. The molecule has 6 nitrogen and oxygen atoms in total. The lowest BCUT2D eigenvalue weighted by Crippen LogP contribution is -2.29. The van der Waals surface area contributed by atoms with Gasteiger partial charge in [-0.15, -0.1) is 0 Å². The van der Waals surface area contributed by atoms with Crippen LogP contribution in [0.2, 0.25) is 0 Å². The van der Waals surface area contributed by atoms with E-state index in [9.17, 15) is 9.90 Å². The molecule has 1 atom stereocenters. The van der Waals surface area contributed by atoms with E-state index in [2.05, 4.69) is 10.4 Å². The van der Waals surface area contributed by atoms with Gasteiger partial charge in [0.15, 0.2) is 0 Å². The fourth-order valence-corrected chi connectivity index (χ4v) is 1.68. The van der Waals surface area contributed by atoms with Crippen molar-refractivity contribution in [1.82, 2.24) is 15.1 Å². The first-order valence-electron chi connectivity index (χ1n) is 5.58. The summed E-state index contributed by atoms with van der Waals surface area (Å²) in [6.07, 6.45) is 0.628. The predicted octanol–water partition coefficient (Wildman–Crippen LogP) is 0.785. The van der Waals surface area contributed by atoms with Gasteiger partial charge in [0, 0.05) is 7.05 Å². The van der Waals surface area contributed by atoms with Crippen LogP contribution in [0.1, 0.15) is 28.0 Å². The Morgan fingerprint density at radius 2 is 2.44 bits per heavy atom. The van der Waals surface area contributed by atoms with Crippen molar-refractivity contribution in [3.05, 3.63) is 41.6 Å². The van der Waals surface area contributed by atoms with E-state index in [0.717, 1.165) is 5.69 Å². The first-order valence-corrected chi connectivity index (χ1v) is 5.58. The lowest BCUT2D eigenvalue weighted by molar-refractivity contribution is 0.0892. The maximum absolute atomic E-state index is 11.8. The van der Waals surface area contributed by atoms with Crippen LogP contribution in [0.15, 0.2) is 28.9 Å². The fraction of sp³-hybridized carbons (Fsp3) is 0.333. The Bertz CT molecular complexity index is 531. The van der Waals surface area contributed by atoms with E-state index in [-0.39, 0.29) is 12.5 Å². The van der Waals surface area contributed by atoms with Crippen LogP contribution in [0, 0.1) is 6.92 Å². The summed E-state index contributed by atoms with van der Waals surface area (Å²) in [6.45, 7) is 1.91. The minimum absolute atomic E-state index is 0.0938. The molecule has 0 fully saturated rings. The molecule has 1 unspecified atom stereocenters. The van der Waals surface area contributed by atoms with Crippen molar-refractivity contribution in [1.29, 1.82) is 0 Å². The second kappa shape index (κ2) is 5.05. The van der Waals surface area contributed by atoms with E-state index in [1.807, 2.05) is 6.92 Å². The van der Waals surface area contributed by atoms with Gasteiger partial charge in [-0.3, -0.25) is 9.48 Å². The second-order valence-electron chi connectivity index (χ2n) is 4.04. The average molecular weight is 249 g/mol. The number of furan rings is 1. The van der Waals surface area contributed by atoms with Gasteiger partial charge in [-0.1, -0.05) is 0 Å². The Morgan fingerprint density at radius 3 is 3.00 bits per heavy atom. The van der Waals surface area contributed by atoms with Crippen molar-refractivity contribution >= 4 is 5.91 Å². The third-order valence-electron chi connectivity index (χ3n) is 2.56. The quantitative estimate of drug-likeness (QED) is 0.839. The number of nitrogens with zero attached hydrogens (tertiary/aromatic N) is 2. The Hall–Kier alpha value is -2.08. The largest absolute Gasteiger partial charge is 0.467 e. The number of rotatable bonds is 4. The lowest BCUT2D eigenvalue weighted by Gasteiger charge is -2.09. The highest BCUT2D eigenvalue weighted by molar-refractivity contribution is 5.92. The minimum Gasteiger partial charge on any atom is -0.467 e. The monoisotopic (exact) mass is 249 g/mol.